The summed E-state index contributed by atoms with van der Waals surface area (Å²) in [5.74, 6) is -1.79. The molecule has 11 nitrogen and oxygen atoms in total. The normalized spacial score (nSPS) is 10.4. The summed E-state index contributed by atoms with van der Waals surface area (Å²) in [6.45, 7) is 0.735. The summed E-state index contributed by atoms with van der Waals surface area (Å²) >= 11 is 1.02. The average Bonchev–Trinajstić information content (AvgIpc) is 3.16. The first-order chi connectivity index (χ1) is 15.3. The minimum absolute atomic E-state index is 0.0871. The molecule has 0 aliphatic carbocycles. The first-order valence-electron chi connectivity index (χ1n) is 9.13. The van der Waals surface area contributed by atoms with E-state index in [4.69, 9.17) is 4.74 Å². The molecule has 3 rings (SSSR count). The van der Waals surface area contributed by atoms with E-state index in [1.807, 2.05) is 0 Å². The number of amides is 1. The molecule has 164 valence electrons. The molecule has 1 N–H and O–H groups in total. The van der Waals surface area contributed by atoms with E-state index in [0.29, 0.717) is 16.4 Å². The topological polar surface area (TPSA) is 146 Å². The van der Waals surface area contributed by atoms with Gasteiger partial charge in [-0.25, -0.2) is 4.79 Å². The van der Waals surface area contributed by atoms with Crippen molar-refractivity contribution in [3.8, 4) is 0 Å². The molecule has 0 unspecified atom stereocenters. The Kier molecular flexibility index (Phi) is 6.95. The minimum Gasteiger partial charge on any atom is -0.452 e. The van der Waals surface area contributed by atoms with Crippen LogP contribution in [0.3, 0.4) is 0 Å². The fourth-order valence-electron chi connectivity index (χ4n) is 2.64. The number of benzene rings is 2. The highest BCUT2D eigenvalue weighted by Crippen LogP contribution is 2.34. The molecule has 0 radical (unpaired) electrons. The number of esters is 1. The third kappa shape index (κ3) is 5.35. The molecule has 0 spiro atoms. The molecule has 12 heteroatoms. The molecule has 32 heavy (non-hydrogen) atoms. The Morgan fingerprint density at radius 2 is 1.97 bits per heavy atom. The number of nitro benzene ring substituents is 1. The van der Waals surface area contributed by atoms with Gasteiger partial charge in [-0.2, -0.15) is 0 Å². The second kappa shape index (κ2) is 9.83. The predicted molar refractivity (Wildman–Crippen MR) is 114 cm³/mol. The first kappa shape index (κ1) is 22.6. The molecule has 0 saturated carbocycles. The largest absolute Gasteiger partial charge is 0.452 e. The summed E-state index contributed by atoms with van der Waals surface area (Å²) in [6.07, 6.45) is 1.46. The highest BCUT2D eigenvalue weighted by Gasteiger charge is 2.21. The molecular weight excluding hydrogens is 438 g/mol. The van der Waals surface area contributed by atoms with Gasteiger partial charge in [0.1, 0.15) is 6.33 Å². The lowest BCUT2D eigenvalue weighted by Crippen LogP contribution is -2.22. The van der Waals surface area contributed by atoms with Crippen LogP contribution in [0.5, 0.6) is 0 Å². The summed E-state index contributed by atoms with van der Waals surface area (Å²) in [5, 5.41) is 22.0. The molecule has 0 bridgehead atoms. The van der Waals surface area contributed by atoms with Gasteiger partial charge in [-0.3, -0.25) is 19.7 Å². The van der Waals surface area contributed by atoms with E-state index in [0.717, 1.165) is 17.8 Å². The van der Waals surface area contributed by atoms with E-state index in [9.17, 15) is 24.5 Å². The van der Waals surface area contributed by atoms with Gasteiger partial charge in [0, 0.05) is 18.7 Å². The van der Waals surface area contributed by atoms with Crippen molar-refractivity contribution >= 4 is 40.8 Å². The van der Waals surface area contributed by atoms with Crippen LogP contribution in [0.1, 0.15) is 27.6 Å². The number of para-hydroxylation sites is 1. The number of carbonyl (C=O) groups excluding carboxylic acids is 3. The molecule has 3 aromatic rings. The van der Waals surface area contributed by atoms with Crippen LogP contribution in [0, 0.1) is 10.1 Å². The van der Waals surface area contributed by atoms with E-state index in [1.165, 1.54) is 25.4 Å². The van der Waals surface area contributed by atoms with Crippen molar-refractivity contribution in [2.45, 2.75) is 17.0 Å². The van der Waals surface area contributed by atoms with Crippen molar-refractivity contribution in [1.29, 1.82) is 0 Å². The number of hydrogen-bond donors (Lipinski definition) is 1. The Balaban J connectivity index is 1.68. The summed E-state index contributed by atoms with van der Waals surface area (Å²) in [6, 6.07) is 10.2. The number of Topliss-reactive ketones (excluding diaryl/α,β-unsaturated/α-hetero) is 1. The molecule has 1 heterocycles. The predicted octanol–water partition coefficient (Wildman–Crippen LogP) is 2.87. The Morgan fingerprint density at radius 1 is 1.22 bits per heavy atom. The second-order valence-corrected chi connectivity index (χ2v) is 7.50. The van der Waals surface area contributed by atoms with Crippen molar-refractivity contribution in [1.82, 2.24) is 14.8 Å². The van der Waals surface area contributed by atoms with Crippen LogP contribution in [0.4, 0.5) is 11.4 Å². The van der Waals surface area contributed by atoms with E-state index >= 15 is 0 Å². The third-order valence-corrected chi connectivity index (χ3v) is 5.29. The fourth-order valence-corrected chi connectivity index (χ4v) is 3.49. The number of anilines is 1. The van der Waals surface area contributed by atoms with Gasteiger partial charge in [-0.1, -0.05) is 12.1 Å². The number of nitro groups is 1. The number of ketones is 1. The van der Waals surface area contributed by atoms with E-state index in [2.05, 4.69) is 15.5 Å². The molecule has 2 aromatic carbocycles. The quantitative estimate of drug-likeness (QED) is 0.234. The van der Waals surface area contributed by atoms with Crippen molar-refractivity contribution in [2.75, 3.05) is 11.9 Å². The van der Waals surface area contributed by atoms with E-state index in [1.54, 1.807) is 35.9 Å². The number of nitrogens with one attached hydrogen (secondary N) is 1. The molecule has 0 atom stereocenters. The number of nitrogens with zero attached hydrogens (tertiary/aromatic N) is 4. The Bertz CT molecular complexity index is 1210. The Hall–Kier alpha value is -4.06. The van der Waals surface area contributed by atoms with Gasteiger partial charge >= 0.3 is 5.97 Å². The molecule has 0 aliphatic rings. The van der Waals surface area contributed by atoms with Crippen LogP contribution >= 0.6 is 11.8 Å². The zero-order chi connectivity index (χ0) is 23.3. The van der Waals surface area contributed by atoms with Crippen LogP contribution in [0.15, 0.2) is 58.8 Å². The van der Waals surface area contributed by atoms with Crippen molar-refractivity contribution in [3.05, 3.63) is 70.0 Å². The Morgan fingerprint density at radius 3 is 2.62 bits per heavy atom. The molecule has 0 saturated heterocycles. The first-order valence-corrected chi connectivity index (χ1v) is 9.95. The van der Waals surface area contributed by atoms with Gasteiger partial charge < -0.3 is 14.6 Å². The smallest absolute Gasteiger partial charge is 0.338 e. The monoisotopic (exact) mass is 455 g/mol. The number of hydrogen-bond acceptors (Lipinski definition) is 9. The van der Waals surface area contributed by atoms with E-state index in [-0.39, 0.29) is 21.9 Å². The van der Waals surface area contributed by atoms with Crippen molar-refractivity contribution in [3.63, 3.8) is 0 Å². The Labute approximate surface area is 185 Å². The maximum Gasteiger partial charge on any atom is 0.338 e. The second-order valence-electron chi connectivity index (χ2n) is 6.49. The van der Waals surface area contributed by atoms with Crippen molar-refractivity contribution in [2.24, 2.45) is 7.05 Å². The number of aryl methyl sites for hydroxylation is 1. The SMILES string of the molecule is CC(=O)c1ccccc1NC(=O)COC(=O)c1ccc(Sc2nncn2C)c([N+](=O)[O-])c1. The molecule has 1 amide bonds. The van der Waals surface area contributed by atoms with Gasteiger partial charge in [-0.15, -0.1) is 10.2 Å². The zero-order valence-corrected chi connectivity index (χ0v) is 17.8. The number of carbonyl (C=O) groups is 3. The number of aromatic nitrogens is 3. The highest BCUT2D eigenvalue weighted by atomic mass is 32.2. The lowest BCUT2D eigenvalue weighted by Gasteiger charge is -2.10. The highest BCUT2D eigenvalue weighted by molar-refractivity contribution is 7.99. The van der Waals surface area contributed by atoms with E-state index < -0.39 is 23.4 Å². The lowest BCUT2D eigenvalue weighted by molar-refractivity contribution is -0.387. The maximum atomic E-state index is 12.3. The number of ether oxygens (including phenoxy) is 1. The van der Waals surface area contributed by atoms with Crippen LogP contribution in [-0.2, 0) is 16.6 Å². The number of rotatable bonds is 8. The molecule has 1 aromatic heterocycles. The van der Waals surface area contributed by atoms with Gasteiger partial charge in [0.15, 0.2) is 17.5 Å². The van der Waals surface area contributed by atoms with Crippen LogP contribution < -0.4 is 5.32 Å². The van der Waals surface area contributed by atoms with Gasteiger partial charge in [0.2, 0.25) is 0 Å². The van der Waals surface area contributed by atoms with Gasteiger partial charge in [0.05, 0.1) is 21.1 Å². The third-order valence-electron chi connectivity index (χ3n) is 4.18. The van der Waals surface area contributed by atoms with Crippen LogP contribution in [-0.4, -0.2) is 44.0 Å². The summed E-state index contributed by atoms with van der Waals surface area (Å²) in [7, 11) is 1.69. The van der Waals surface area contributed by atoms with Crippen LogP contribution in [0.2, 0.25) is 0 Å². The summed E-state index contributed by atoms with van der Waals surface area (Å²) < 4.78 is 6.57. The minimum atomic E-state index is -0.904. The maximum absolute atomic E-state index is 12.3. The summed E-state index contributed by atoms with van der Waals surface area (Å²) in [5.41, 5.74) is 0.212. The van der Waals surface area contributed by atoms with Crippen LogP contribution in [0.25, 0.3) is 0 Å². The van der Waals surface area contributed by atoms with Crippen molar-refractivity contribution < 1.29 is 24.0 Å². The standard InChI is InChI=1S/C20H17N5O6S/c1-12(26)14-5-3-4-6-15(14)22-18(27)10-31-19(28)13-7-8-17(16(9-13)25(29)30)32-20-23-21-11-24(20)2/h3-9,11H,10H2,1-2H3,(H,22,27). The van der Waals surface area contributed by atoms with Gasteiger partial charge in [0.25, 0.3) is 11.6 Å². The fraction of sp³-hybridized carbons (Fsp3) is 0.150. The van der Waals surface area contributed by atoms with Gasteiger partial charge in [-0.05, 0) is 43.0 Å². The molecular formula is C20H17N5O6S. The summed E-state index contributed by atoms with van der Waals surface area (Å²) in [4.78, 5) is 47.2. The average molecular weight is 455 g/mol. The zero-order valence-electron chi connectivity index (χ0n) is 17.0. The lowest BCUT2D eigenvalue weighted by atomic mass is 10.1. The molecule has 0 fully saturated rings. The molecule has 0 aliphatic heterocycles.